The third-order valence-corrected chi connectivity index (χ3v) is 3.78. The number of nitrogens with one attached hydrogen (secondary N) is 1. The van der Waals surface area contributed by atoms with E-state index in [4.69, 9.17) is 0 Å². The van der Waals surface area contributed by atoms with E-state index in [1.165, 1.54) is 25.0 Å². The van der Waals surface area contributed by atoms with Crippen molar-refractivity contribution in [1.82, 2.24) is 5.32 Å². The zero-order valence-electron chi connectivity index (χ0n) is 11.2. The lowest BCUT2D eigenvalue weighted by Crippen LogP contribution is -2.30. The Morgan fingerprint density at radius 2 is 2.20 bits per heavy atom. The molecule has 0 spiro atoms. The summed E-state index contributed by atoms with van der Waals surface area (Å²) in [5.41, 5.74) is 1.64. The minimum atomic E-state index is -0.424. The van der Waals surface area contributed by atoms with Crippen LogP contribution < -0.4 is 10.2 Å². The van der Waals surface area contributed by atoms with Crippen LogP contribution in [0.25, 0.3) is 0 Å². The van der Waals surface area contributed by atoms with E-state index in [0.717, 1.165) is 24.2 Å². The summed E-state index contributed by atoms with van der Waals surface area (Å²) in [5, 5.41) is 14.2. The van der Waals surface area contributed by atoms with Gasteiger partial charge in [0.2, 0.25) is 5.91 Å². The maximum Gasteiger partial charge on any atom is 0.269 e. The topological polar surface area (TPSA) is 75.5 Å². The lowest BCUT2D eigenvalue weighted by Gasteiger charge is -2.17. The molecule has 0 atom stereocenters. The maximum atomic E-state index is 12.0. The summed E-state index contributed by atoms with van der Waals surface area (Å²) in [6.45, 7) is 1.58. The standard InChI is InChI=1S/C14H17N3O3/c18-14-9-10-8-12(17(19)20)4-5-13(10)16(14)7-1-6-15-11-2-3-11/h4-5,8,11,15H,1-3,6-7,9H2. The number of hydrogen-bond donors (Lipinski definition) is 1. The van der Waals surface area contributed by atoms with Gasteiger partial charge in [0.1, 0.15) is 0 Å². The zero-order chi connectivity index (χ0) is 14.1. The van der Waals surface area contributed by atoms with Crippen molar-refractivity contribution in [3.05, 3.63) is 33.9 Å². The molecule has 1 aromatic rings. The molecule has 1 aliphatic carbocycles. The molecule has 0 aromatic heterocycles. The van der Waals surface area contributed by atoms with Crippen LogP contribution in [0, 0.1) is 10.1 Å². The van der Waals surface area contributed by atoms with Crippen LogP contribution in [0.2, 0.25) is 0 Å². The van der Waals surface area contributed by atoms with E-state index in [-0.39, 0.29) is 18.0 Å². The SMILES string of the molecule is O=C1Cc2cc([N+](=O)[O-])ccc2N1CCCNC1CC1. The van der Waals surface area contributed by atoms with E-state index in [0.29, 0.717) is 12.6 Å². The van der Waals surface area contributed by atoms with Crippen LogP contribution in [0.15, 0.2) is 18.2 Å². The van der Waals surface area contributed by atoms with Gasteiger partial charge in [0.15, 0.2) is 0 Å². The highest BCUT2D eigenvalue weighted by Crippen LogP contribution is 2.31. The number of nitro benzene ring substituents is 1. The van der Waals surface area contributed by atoms with Crippen LogP contribution in [-0.4, -0.2) is 30.0 Å². The second kappa shape index (κ2) is 5.20. The monoisotopic (exact) mass is 275 g/mol. The van der Waals surface area contributed by atoms with E-state index in [2.05, 4.69) is 5.32 Å². The van der Waals surface area contributed by atoms with Crippen molar-refractivity contribution in [2.75, 3.05) is 18.0 Å². The average molecular weight is 275 g/mol. The van der Waals surface area contributed by atoms with Gasteiger partial charge in [-0.05, 0) is 37.4 Å². The summed E-state index contributed by atoms with van der Waals surface area (Å²) in [4.78, 5) is 24.1. The number of carbonyl (C=O) groups is 1. The van der Waals surface area contributed by atoms with Gasteiger partial charge in [-0.3, -0.25) is 14.9 Å². The molecule has 1 saturated carbocycles. The Morgan fingerprint density at radius 3 is 2.90 bits per heavy atom. The number of non-ortho nitro benzene ring substituents is 1. The van der Waals surface area contributed by atoms with Crippen LogP contribution >= 0.6 is 0 Å². The molecular formula is C14H17N3O3. The number of anilines is 1. The molecule has 1 amide bonds. The summed E-state index contributed by atoms with van der Waals surface area (Å²) < 4.78 is 0. The van der Waals surface area contributed by atoms with Gasteiger partial charge in [-0.2, -0.15) is 0 Å². The molecule has 0 unspecified atom stereocenters. The smallest absolute Gasteiger partial charge is 0.269 e. The second-order valence-corrected chi connectivity index (χ2v) is 5.37. The third-order valence-electron chi connectivity index (χ3n) is 3.78. The number of benzene rings is 1. The molecule has 3 rings (SSSR count). The van der Waals surface area contributed by atoms with E-state index >= 15 is 0 Å². The van der Waals surface area contributed by atoms with E-state index in [1.807, 2.05) is 0 Å². The normalized spacial score (nSPS) is 17.4. The number of amides is 1. The van der Waals surface area contributed by atoms with Gasteiger partial charge in [0, 0.05) is 30.4 Å². The fraction of sp³-hybridized carbons (Fsp3) is 0.500. The fourth-order valence-electron chi connectivity index (χ4n) is 2.56. The minimum Gasteiger partial charge on any atom is -0.314 e. The molecule has 1 fully saturated rings. The highest BCUT2D eigenvalue weighted by Gasteiger charge is 2.28. The molecule has 0 bridgehead atoms. The molecule has 1 heterocycles. The van der Waals surface area contributed by atoms with Crippen LogP contribution in [0.5, 0.6) is 0 Å². The van der Waals surface area contributed by atoms with E-state index in [1.54, 1.807) is 11.0 Å². The van der Waals surface area contributed by atoms with Crippen molar-refractivity contribution in [3.63, 3.8) is 0 Å². The highest BCUT2D eigenvalue weighted by atomic mass is 16.6. The lowest BCUT2D eigenvalue weighted by molar-refractivity contribution is -0.384. The summed E-state index contributed by atoms with van der Waals surface area (Å²) in [7, 11) is 0. The summed E-state index contributed by atoms with van der Waals surface area (Å²) in [5.74, 6) is 0.0342. The molecule has 0 radical (unpaired) electrons. The van der Waals surface area contributed by atoms with Gasteiger partial charge in [0.25, 0.3) is 5.69 Å². The van der Waals surface area contributed by atoms with Crippen LogP contribution in [-0.2, 0) is 11.2 Å². The first kappa shape index (κ1) is 13.1. The number of hydrogen-bond acceptors (Lipinski definition) is 4. The first-order chi connectivity index (χ1) is 9.65. The lowest BCUT2D eigenvalue weighted by atomic mass is 10.1. The van der Waals surface area contributed by atoms with Crippen molar-refractivity contribution in [2.45, 2.75) is 31.7 Å². The van der Waals surface area contributed by atoms with E-state index in [9.17, 15) is 14.9 Å². The predicted molar refractivity (Wildman–Crippen MR) is 74.8 cm³/mol. The highest BCUT2D eigenvalue weighted by molar-refractivity contribution is 6.01. The van der Waals surface area contributed by atoms with Crippen LogP contribution in [0.4, 0.5) is 11.4 Å². The van der Waals surface area contributed by atoms with Gasteiger partial charge in [-0.15, -0.1) is 0 Å². The molecule has 6 nitrogen and oxygen atoms in total. The quantitative estimate of drug-likeness (QED) is 0.486. The van der Waals surface area contributed by atoms with Crippen molar-refractivity contribution in [2.24, 2.45) is 0 Å². The number of fused-ring (bicyclic) bond motifs is 1. The molecule has 1 N–H and O–H groups in total. The van der Waals surface area contributed by atoms with Gasteiger partial charge in [-0.25, -0.2) is 0 Å². The molecule has 0 saturated heterocycles. The summed E-state index contributed by atoms with van der Waals surface area (Å²) in [6, 6.07) is 5.34. The Balaban J connectivity index is 1.64. The molecular weight excluding hydrogens is 258 g/mol. The van der Waals surface area contributed by atoms with Crippen LogP contribution in [0.1, 0.15) is 24.8 Å². The molecule has 20 heavy (non-hydrogen) atoms. The molecule has 106 valence electrons. The van der Waals surface area contributed by atoms with Crippen molar-refractivity contribution >= 4 is 17.3 Å². The number of nitrogens with zero attached hydrogens (tertiary/aromatic N) is 2. The minimum absolute atomic E-state index is 0.0342. The maximum absolute atomic E-state index is 12.0. The molecule has 1 aliphatic heterocycles. The first-order valence-electron chi connectivity index (χ1n) is 6.96. The zero-order valence-corrected chi connectivity index (χ0v) is 11.2. The number of nitro groups is 1. The number of rotatable bonds is 6. The summed E-state index contributed by atoms with van der Waals surface area (Å²) >= 11 is 0. The molecule has 2 aliphatic rings. The Kier molecular flexibility index (Phi) is 3.40. The Morgan fingerprint density at radius 1 is 1.40 bits per heavy atom. The van der Waals surface area contributed by atoms with Gasteiger partial charge in [0.05, 0.1) is 11.3 Å². The predicted octanol–water partition coefficient (Wildman–Crippen LogP) is 1.63. The van der Waals surface area contributed by atoms with Crippen LogP contribution in [0.3, 0.4) is 0 Å². The first-order valence-corrected chi connectivity index (χ1v) is 6.96. The molecule has 1 aromatic carbocycles. The Bertz CT molecular complexity index is 555. The number of carbonyl (C=O) groups excluding carboxylic acids is 1. The van der Waals surface area contributed by atoms with Crippen molar-refractivity contribution < 1.29 is 9.72 Å². The third kappa shape index (κ3) is 2.65. The average Bonchev–Trinajstić information content (AvgIpc) is 3.18. The molecule has 6 heteroatoms. The van der Waals surface area contributed by atoms with Crippen molar-refractivity contribution in [3.8, 4) is 0 Å². The Labute approximate surface area is 116 Å². The fourth-order valence-corrected chi connectivity index (χ4v) is 2.56. The van der Waals surface area contributed by atoms with Gasteiger partial charge < -0.3 is 10.2 Å². The summed E-state index contributed by atoms with van der Waals surface area (Å²) in [6.07, 6.45) is 3.69. The van der Waals surface area contributed by atoms with Crippen molar-refractivity contribution in [1.29, 1.82) is 0 Å². The van der Waals surface area contributed by atoms with E-state index < -0.39 is 4.92 Å². The van der Waals surface area contributed by atoms with Gasteiger partial charge in [-0.1, -0.05) is 0 Å². The largest absolute Gasteiger partial charge is 0.314 e. The Hall–Kier alpha value is -1.95. The second-order valence-electron chi connectivity index (χ2n) is 5.37. The van der Waals surface area contributed by atoms with Gasteiger partial charge >= 0.3 is 0 Å².